The molecule has 1 N–H and O–H groups in total. The molecular weight excluding hydrogens is 280 g/mol. The first-order chi connectivity index (χ1) is 10.4. The zero-order chi connectivity index (χ0) is 15.7. The molecule has 1 aromatic carbocycles. The van der Waals surface area contributed by atoms with E-state index in [-0.39, 0.29) is 11.4 Å². The molecule has 0 fully saturated rings. The lowest BCUT2D eigenvalue weighted by Gasteiger charge is -2.21. The van der Waals surface area contributed by atoms with Gasteiger partial charge in [0.05, 0.1) is 5.54 Å². The molecular formula is C16H20N4O2. The van der Waals surface area contributed by atoms with Gasteiger partial charge in [0.25, 0.3) is 0 Å². The molecule has 3 rings (SSSR count). The molecule has 1 aliphatic rings. The predicted molar refractivity (Wildman–Crippen MR) is 82.7 cm³/mol. The van der Waals surface area contributed by atoms with E-state index in [9.17, 15) is 4.79 Å². The van der Waals surface area contributed by atoms with Crippen LogP contribution in [0.3, 0.4) is 0 Å². The van der Waals surface area contributed by atoms with Gasteiger partial charge < -0.3 is 10.1 Å². The van der Waals surface area contributed by atoms with Gasteiger partial charge in [-0.3, -0.25) is 4.79 Å². The quantitative estimate of drug-likeness (QED) is 0.945. The maximum Gasteiger partial charge on any atom is 0.224 e. The van der Waals surface area contributed by atoms with Crippen molar-refractivity contribution in [2.75, 3.05) is 5.32 Å². The smallest absolute Gasteiger partial charge is 0.224 e. The van der Waals surface area contributed by atoms with Crippen LogP contribution in [0, 0.1) is 0 Å². The molecule has 2 aromatic rings. The standard InChI is InChI=1S/C16H20N4O2/c1-16(2,3)20-14(17-10-18-20)9-22-12-6-4-11-5-7-15(21)19-13(11)8-12/h4,6,8,10H,5,7,9H2,1-3H3,(H,19,21). The summed E-state index contributed by atoms with van der Waals surface area (Å²) in [6.07, 6.45) is 2.86. The number of amides is 1. The Bertz CT molecular complexity index is 700. The zero-order valence-corrected chi connectivity index (χ0v) is 13.1. The van der Waals surface area contributed by atoms with Crippen LogP contribution in [0.25, 0.3) is 0 Å². The number of hydrogen-bond donors (Lipinski definition) is 1. The molecule has 0 spiro atoms. The van der Waals surface area contributed by atoms with Crippen LogP contribution in [-0.4, -0.2) is 20.7 Å². The molecule has 0 aliphatic carbocycles. The SMILES string of the molecule is CC(C)(C)n1ncnc1COc1ccc2c(c1)NC(=O)CC2. The van der Waals surface area contributed by atoms with Gasteiger partial charge in [-0.05, 0) is 38.8 Å². The molecule has 0 unspecified atom stereocenters. The van der Waals surface area contributed by atoms with Crippen LogP contribution in [0.2, 0.25) is 0 Å². The van der Waals surface area contributed by atoms with Crippen LogP contribution < -0.4 is 10.1 Å². The number of nitrogens with one attached hydrogen (secondary N) is 1. The number of benzene rings is 1. The summed E-state index contributed by atoms with van der Waals surface area (Å²) < 4.78 is 7.67. The highest BCUT2D eigenvalue weighted by Crippen LogP contribution is 2.27. The van der Waals surface area contributed by atoms with E-state index in [0.717, 1.165) is 23.5 Å². The minimum Gasteiger partial charge on any atom is -0.486 e. The molecule has 1 amide bonds. The second-order valence-electron chi connectivity index (χ2n) is 6.41. The number of rotatable bonds is 3. The van der Waals surface area contributed by atoms with Crippen molar-refractivity contribution in [2.45, 2.75) is 45.8 Å². The average molecular weight is 300 g/mol. The zero-order valence-electron chi connectivity index (χ0n) is 13.1. The van der Waals surface area contributed by atoms with Crippen molar-refractivity contribution >= 4 is 11.6 Å². The highest BCUT2D eigenvalue weighted by atomic mass is 16.5. The first-order valence-corrected chi connectivity index (χ1v) is 7.38. The predicted octanol–water partition coefficient (Wildman–Crippen LogP) is 2.50. The fourth-order valence-electron chi connectivity index (χ4n) is 2.51. The van der Waals surface area contributed by atoms with Crippen LogP contribution >= 0.6 is 0 Å². The lowest BCUT2D eigenvalue weighted by Crippen LogP contribution is -2.26. The third-order valence-electron chi connectivity index (χ3n) is 3.60. The van der Waals surface area contributed by atoms with Crippen molar-refractivity contribution in [2.24, 2.45) is 0 Å². The van der Waals surface area contributed by atoms with Crippen molar-refractivity contribution in [1.82, 2.24) is 14.8 Å². The molecule has 0 radical (unpaired) electrons. The van der Waals surface area contributed by atoms with Gasteiger partial charge in [-0.15, -0.1) is 0 Å². The van der Waals surface area contributed by atoms with Crippen molar-refractivity contribution < 1.29 is 9.53 Å². The molecule has 0 atom stereocenters. The molecule has 2 heterocycles. The largest absolute Gasteiger partial charge is 0.486 e. The fourth-order valence-corrected chi connectivity index (χ4v) is 2.51. The molecule has 0 bridgehead atoms. The molecule has 116 valence electrons. The first kappa shape index (κ1) is 14.6. The Hall–Kier alpha value is -2.37. The van der Waals surface area contributed by atoms with Crippen molar-refractivity contribution in [3.05, 3.63) is 35.9 Å². The summed E-state index contributed by atoms with van der Waals surface area (Å²) in [6.45, 7) is 6.54. The summed E-state index contributed by atoms with van der Waals surface area (Å²) in [5.74, 6) is 1.54. The van der Waals surface area contributed by atoms with E-state index >= 15 is 0 Å². The van der Waals surface area contributed by atoms with Gasteiger partial charge in [-0.2, -0.15) is 5.10 Å². The fraction of sp³-hybridized carbons (Fsp3) is 0.438. The van der Waals surface area contributed by atoms with E-state index in [0.29, 0.717) is 18.8 Å². The molecule has 1 aliphatic heterocycles. The summed E-state index contributed by atoms with van der Waals surface area (Å²) >= 11 is 0. The van der Waals surface area contributed by atoms with Crippen LogP contribution in [0.15, 0.2) is 24.5 Å². The van der Waals surface area contributed by atoms with Gasteiger partial charge in [0.15, 0.2) is 5.82 Å². The highest BCUT2D eigenvalue weighted by molar-refractivity contribution is 5.94. The number of carbonyl (C=O) groups excluding carboxylic acids is 1. The summed E-state index contributed by atoms with van der Waals surface area (Å²) in [5.41, 5.74) is 1.84. The number of hydrogen-bond acceptors (Lipinski definition) is 4. The summed E-state index contributed by atoms with van der Waals surface area (Å²) in [4.78, 5) is 15.7. The third-order valence-corrected chi connectivity index (χ3v) is 3.60. The Labute approximate surface area is 129 Å². The van der Waals surface area contributed by atoms with Gasteiger partial charge in [0, 0.05) is 18.2 Å². The lowest BCUT2D eigenvalue weighted by molar-refractivity contribution is -0.116. The summed E-state index contributed by atoms with van der Waals surface area (Å²) in [6, 6.07) is 5.79. The Morgan fingerprint density at radius 2 is 2.14 bits per heavy atom. The Morgan fingerprint density at radius 1 is 1.32 bits per heavy atom. The molecule has 22 heavy (non-hydrogen) atoms. The van der Waals surface area contributed by atoms with Crippen molar-refractivity contribution in [3.63, 3.8) is 0 Å². The van der Waals surface area contributed by atoms with E-state index in [4.69, 9.17) is 4.74 Å². The maximum atomic E-state index is 11.5. The van der Waals surface area contributed by atoms with Crippen LogP contribution in [0.5, 0.6) is 5.75 Å². The minimum atomic E-state index is -0.140. The number of carbonyl (C=O) groups is 1. The first-order valence-electron chi connectivity index (χ1n) is 7.38. The topological polar surface area (TPSA) is 69.0 Å². The molecule has 6 nitrogen and oxygen atoms in total. The minimum absolute atomic E-state index is 0.0529. The Balaban J connectivity index is 1.74. The number of aromatic nitrogens is 3. The lowest BCUT2D eigenvalue weighted by atomic mass is 10.0. The Morgan fingerprint density at radius 3 is 2.91 bits per heavy atom. The molecule has 0 saturated heterocycles. The monoisotopic (exact) mass is 300 g/mol. The normalized spacial score (nSPS) is 14.4. The van der Waals surface area contributed by atoms with E-state index in [2.05, 4.69) is 36.2 Å². The van der Waals surface area contributed by atoms with E-state index in [1.807, 2.05) is 22.9 Å². The van der Waals surface area contributed by atoms with Gasteiger partial charge in [0.1, 0.15) is 18.7 Å². The van der Waals surface area contributed by atoms with E-state index < -0.39 is 0 Å². The van der Waals surface area contributed by atoms with Crippen LogP contribution in [0.1, 0.15) is 38.6 Å². The Kier molecular flexibility index (Phi) is 3.60. The van der Waals surface area contributed by atoms with Crippen molar-refractivity contribution in [3.8, 4) is 5.75 Å². The van der Waals surface area contributed by atoms with Crippen molar-refractivity contribution in [1.29, 1.82) is 0 Å². The maximum absolute atomic E-state index is 11.5. The van der Waals surface area contributed by atoms with Gasteiger partial charge in [-0.1, -0.05) is 6.07 Å². The highest BCUT2D eigenvalue weighted by Gasteiger charge is 2.19. The number of ether oxygens (including phenoxy) is 1. The van der Waals surface area contributed by atoms with Gasteiger partial charge >= 0.3 is 0 Å². The number of aryl methyl sites for hydroxylation is 1. The van der Waals surface area contributed by atoms with Gasteiger partial charge in [0.2, 0.25) is 5.91 Å². The van der Waals surface area contributed by atoms with E-state index in [1.54, 1.807) is 0 Å². The molecule has 6 heteroatoms. The van der Waals surface area contributed by atoms with Gasteiger partial charge in [-0.25, -0.2) is 9.67 Å². The summed E-state index contributed by atoms with van der Waals surface area (Å²) in [5, 5.41) is 7.13. The second-order valence-corrected chi connectivity index (χ2v) is 6.41. The molecule has 1 aromatic heterocycles. The average Bonchev–Trinajstić information content (AvgIpc) is 2.93. The van der Waals surface area contributed by atoms with E-state index in [1.165, 1.54) is 6.33 Å². The summed E-state index contributed by atoms with van der Waals surface area (Å²) in [7, 11) is 0. The number of anilines is 1. The van der Waals surface area contributed by atoms with Crippen LogP contribution in [0.4, 0.5) is 5.69 Å². The second kappa shape index (κ2) is 5.44. The number of nitrogens with zero attached hydrogens (tertiary/aromatic N) is 3. The third kappa shape index (κ3) is 2.95. The van der Waals surface area contributed by atoms with Crippen LogP contribution in [-0.2, 0) is 23.4 Å². The molecule has 0 saturated carbocycles. The number of fused-ring (bicyclic) bond motifs is 1.